The van der Waals surface area contributed by atoms with Crippen LogP contribution in [0.4, 0.5) is 0 Å². The van der Waals surface area contributed by atoms with Gasteiger partial charge < -0.3 is 15.1 Å². The highest BCUT2D eigenvalue weighted by Gasteiger charge is 2.26. The molecule has 6 nitrogen and oxygen atoms in total. The first-order valence-electron chi connectivity index (χ1n) is 6.23. The molecule has 106 valence electrons. The standard InChI is InChI=1S/C12H18N2O4S/c1-9(11-3-2-5-18-11)14-12(15)7-10-8-19(16,17)6-4-13-10/h2-3,5,9-10,13H,4,6-8H2,1H3,(H,14,15)/t9-,10?/m1/s1. The summed E-state index contributed by atoms with van der Waals surface area (Å²) >= 11 is 0. The third-order valence-electron chi connectivity index (χ3n) is 3.08. The lowest BCUT2D eigenvalue weighted by Gasteiger charge is -2.23. The van der Waals surface area contributed by atoms with Gasteiger partial charge in [-0.05, 0) is 19.1 Å². The Kier molecular flexibility index (Phi) is 4.26. The quantitative estimate of drug-likeness (QED) is 0.827. The molecule has 1 amide bonds. The molecule has 2 N–H and O–H groups in total. The van der Waals surface area contributed by atoms with E-state index >= 15 is 0 Å². The maximum Gasteiger partial charge on any atom is 0.222 e. The second kappa shape index (κ2) is 5.75. The Bertz CT molecular complexity index is 524. The van der Waals surface area contributed by atoms with Crippen LogP contribution in [0.1, 0.15) is 25.1 Å². The van der Waals surface area contributed by atoms with E-state index in [0.29, 0.717) is 12.3 Å². The van der Waals surface area contributed by atoms with Gasteiger partial charge in [0.05, 0.1) is 23.8 Å². The molecule has 1 unspecified atom stereocenters. The molecule has 7 heteroatoms. The van der Waals surface area contributed by atoms with Crippen molar-refractivity contribution < 1.29 is 17.6 Å². The molecule has 1 aliphatic rings. The maximum absolute atomic E-state index is 11.8. The minimum absolute atomic E-state index is 0.0234. The predicted octanol–water partition coefficient (Wildman–Crippen LogP) is 0.234. The van der Waals surface area contributed by atoms with E-state index in [-0.39, 0.29) is 35.9 Å². The maximum atomic E-state index is 11.8. The summed E-state index contributed by atoms with van der Waals surface area (Å²) in [6.07, 6.45) is 1.71. The van der Waals surface area contributed by atoms with E-state index in [1.54, 1.807) is 18.4 Å². The van der Waals surface area contributed by atoms with Crippen molar-refractivity contribution in [3.8, 4) is 0 Å². The largest absolute Gasteiger partial charge is 0.467 e. The van der Waals surface area contributed by atoms with Gasteiger partial charge in [-0.3, -0.25) is 4.79 Å². The molecular formula is C12H18N2O4S. The summed E-state index contributed by atoms with van der Waals surface area (Å²) in [6, 6.07) is 3.02. The lowest BCUT2D eigenvalue weighted by Crippen LogP contribution is -2.47. The van der Waals surface area contributed by atoms with Crippen LogP contribution in [0.2, 0.25) is 0 Å². The van der Waals surface area contributed by atoms with Crippen LogP contribution in [0, 0.1) is 0 Å². The molecule has 2 atom stereocenters. The molecule has 1 aromatic heterocycles. The second-order valence-corrected chi connectivity index (χ2v) is 7.00. The number of rotatable bonds is 4. The summed E-state index contributed by atoms with van der Waals surface area (Å²) in [5.74, 6) is 0.666. The van der Waals surface area contributed by atoms with Crippen molar-refractivity contribution in [3.05, 3.63) is 24.2 Å². The Morgan fingerprint density at radius 3 is 3.05 bits per heavy atom. The molecule has 0 spiro atoms. The smallest absolute Gasteiger partial charge is 0.222 e. The van der Waals surface area contributed by atoms with Crippen molar-refractivity contribution in [1.82, 2.24) is 10.6 Å². The molecule has 2 rings (SSSR count). The van der Waals surface area contributed by atoms with Gasteiger partial charge in [-0.1, -0.05) is 0 Å². The number of hydrogen-bond acceptors (Lipinski definition) is 5. The highest BCUT2D eigenvalue weighted by molar-refractivity contribution is 7.91. The fourth-order valence-corrected chi connectivity index (χ4v) is 3.58. The molecule has 1 aliphatic heterocycles. The normalized spacial score (nSPS) is 23.7. The highest BCUT2D eigenvalue weighted by Crippen LogP contribution is 2.13. The number of furan rings is 1. The first-order chi connectivity index (χ1) is 8.96. The Balaban J connectivity index is 1.84. The van der Waals surface area contributed by atoms with Gasteiger partial charge in [-0.25, -0.2) is 8.42 Å². The van der Waals surface area contributed by atoms with Crippen LogP contribution in [0.5, 0.6) is 0 Å². The Hall–Kier alpha value is -1.34. The molecule has 1 saturated heterocycles. The summed E-state index contributed by atoms with van der Waals surface area (Å²) in [5.41, 5.74) is 0. The lowest BCUT2D eigenvalue weighted by molar-refractivity contribution is -0.122. The van der Waals surface area contributed by atoms with Gasteiger partial charge in [0.2, 0.25) is 5.91 Å². The van der Waals surface area contributed by atoms with E-state index in [9.17, 15) is 13.2 Å². The Morgan fingerprint density at radius 1 is 1.63 bits per heavy atom. The minimum atomic E-state index is -3.01. The molecule has 0 bridgehead atoms. The van der Waals surface area contributed by atoms with Crippen molar-refractivity contribution in [2.24, 2.45) is 0 Å². The zero-order valence-electron chi connectivity index (χ0n) is 10.8. The zero-order valence-corrected chi connectivity index (χ0v) is 11.6. The first kappa shape index (κ1) is 14.1. The molecule has 0 aromatic carbocycles. The van der Waals surface area contributed by atoms with Gasteiger partial charge in [-0.15, -0.1) is 0 Å². The van der Waals surface area contributed by atoms with E-state index in [1.807, 2.05) is 6.92 Å². The van der Waals surface area contributed by atoms with Crippen molar-refractivity contribution in [2.45, 2.75) is 25.4 Å². The molecule has 19 heavy (non-hydrogen) atoms. The number of amides is 1. The van der Waals surface area contributed by atoms with Gasteiger partial charge in [-0.2, -0.15) is 0 Å². The van der Waals surface area contributed by atoms with Crippen molar-refractivity contribution >= 4 is 15.7 Å². The molecule has 0 radical (unpaired) electrons. The fraction of sp³-hybridized carbons (Fsp3) is 0.583. The van der Waals surface area contributed by atoms with Gasteiger partial charge in [0, 0.05) is 19.0 Å². The molecule has 0 saturated carbocycles. The third kappa shape index (κ3) is 4.07. The van der Waals surface area contributed by atoms with Gasteiger partial charge in [0.1, 0.15) is 5.76 Å². The topological polar surface area (TPSA) is 88.4 Å². The molecule has 0 aliphatic carbocycles. The van der Waals surface area contributed by atoms with Gasteiger partial charge >= 0.3 is 0 Å². The summed E-state index contributed by atoms with van der Waals surface area (Å²) < 4.78 is 28.1. The number of carbonyl (C=O) groups excluding carboxylic acids is 1. The molecule has 1 aromatic rings. The van der Waals surface area contributed by atoms with E-state index < -0.39 is 9.84 Å². The monoisotopic (exact) mass is 286 g/mol. The highest BCUT2D eigenvalue weighted by atomic mass is 32.2. The van der Waals surface area contributed by atoms with E-state index in [2.05, 4.69) is 10.6 Å². The number of hydrogen-bond donors (Lipinski definition) is 2. The molecule has 2 heterocycles. The molecule has 1 fully saturated rings. The van der Waals surface area contributed by atoms with E-state index in [1.165, 1.54) is 0 Å². The van der Waals surface area contributed by atoms with Crippen LogP contribution >= 0.6 is 0 Å². The van der Waals surface area contributed by atoms with Crippen LogP contribution in [-0.4, -0.2) is 38.4 Å². The van der Waals surface area contributed by atoms with E-state index in [0.717, 1.165) is 0 Å². The van der Waals surface area contributed by atoms with E-state index in [4.69, 9.17) is 4.42 Å². The van der Waals surface area contributed by atoms with Crippen molar-refractivity contribution in [1.29, 1.82) is 0 Å². The van der Waals surface area contributed by atoms with Crippen LogP contribution in [-0.2, 0) is 14.6 Å². The number of nitrogens with one attached hydrogen (secondary N) is 2. The number of sulfone groups is 1. The van der Waals surface area contributed by atoms with Crippen molar-refractivity contribution in [2.75, 3.05) is 18.1 Å². The second-order valence-electron chi connectivity index (χ2n) is 4.77. The van der Waals surface area contributed by atoms with Crippen LogP contribution in [0.25, 0.3) is 0 Å². The summed E-state index contributed by atoms with van der Waals surface area (Å²) in [7, 11) is -3.01. The Morgan fingerprint density at radius 2 is 2.42 bits per heavy atom. The van der Waals surface area contributed by atoms with Crippen LogP contribution < -0.4 is 10.6 Å². The van der Waals surface area contributed by atoms with Crippen LogP contribution in [0.3, 0.4) is 0 Å². The van der Waals surface area contributed by atoms with Gasteiger partial charge in [0.25, 0.3) is 0 Å². The number of carbonyl (C=O) groups is 1. The third-order valence-corrected chi connectivity index (χ3v) is 4.82. The van der Waals surface area contributed by atoms with Crippen molar-refractivity contribution in [3.63, 3.8) is 0 Å². The minimum Gasteiger partial charge on any atom is -0.467 e. The zero-order chi connectivity index (χ0) is 13.9. The fourth-order valence-electron chi connectivity index (χ4n) is 2.13. The summed E-state index contributed by atoms with van der Waals surface area (Å²) in [6.45, 7) is 2.23. The molecular weight excluding hydrogens is 268 g/mol. The average Bonchev–Trinajstić information content (AvgIpc) is 2.80. The predicted molar refractivity (Wildman–Crippen MR) is 70.3 cm³/mol. The summed E-state index contributed by atoms with van der Waals surface area (Å²) in [4.78, 5) is 11.8. The summed E-state index contributed by atoms with van der Waals surface area (Å²) in [5, 5.41) is 5.84. The lowest BCUT2D eigenvalue weighted by atomic mass is 10.2. The van der Waals surface area contributed by atoms with Crippen LogP contribution in [0.15, 0.2) is 22.8 Å². The Labute approximate surface area is 112 Å². The van der Waals surface area contributed by atoms with Gasteiger partial charge in [0.15, 0.2) is 9.84 Å². The SMILES string of the molecule is C[C@@H](NC(=O)CC1CS(=O)(=O)CCN1)c1ccco1. The first-order valence-corrected chi connectivity index (χ1v) is 8.05. The average molecular weight is 286 g/mol.